The quantitative estimate of drug-likeness (QED) is 0.764. The number of rotatable bonds is 8. The fraction of sp³-hybridized carbons (Fsp3) is 0.400. The molecule has 0 fully saturated rings. The largest absolute Gasteiger partial charge is 0.480 e. The van der Waals surface area contributed by atoms with Crippen molar-refractivity contribution >= 4 is 17.7 Å². The van der Waals surface area contributed by atoms with Gasteiger partial charge in [0, 0.05) is 12.8 Å². The minimum atomic E-state index is -2.98. The van der Waals surface area contributed by atoms with E-state index in [1.165, 1.54) is 6.92 Å². The number of nitrogens with one attached hydrogen (secondary N) is 1. The lowest BCUT2D eigenvalue weighted by atomic mass is 9.95. The Balaban J connectivity index is 2.67. The number of halogens is 2. The van der Waals surface area contributed by atoms with Gasteiger partial charge < -0.3 is 10.4 Å². The summed E-state index contributed by atoms with van der Waals surface area (Å²) in [5, 5.41) is 10.7. The van der Waals surface area contributed by atoms with Gasteiger partial charge in [0.2, 0.25) is 12.3 Å². The highest BCUT2D eigenvalue weighted by molar-refractivity contribution is 5.90. The van der Waals surface area contributed by atoms with E-state index in [4.69, 9.17) is 5.11 Å². The van der Waals surface area contributed by atoms with Crippen LogP contribution in [0.5, 0.6) is 0 Å². The summed E-state index contributed by atoms with van der Waals surface area (Å²) < 4.78 is 26.0. The summed E-state index contributed by atoms with van der Waals surface area (Å²) in [6.45, 7) is 1.21. The lowest BCUT2D eigenvalue weighted by Crippen LogP contribution is -2.40. The Kier molecular flexibility index (Phi) is 6.62. The van der Waals surface area contributed by atoms with Crippen molar-refractivity contribution in [2.75, 3.05) is 0 Å². The molecule has 1 amide bonds. The van der Waals surface area contributed by atoms with E-state index >= 15 is 0 Å². The maximum Gasteiger partial charge on any atom is 0.325 e. The number of aliphatic carboxylic acids is 1. The van der Waals surface area contributed by atoms with Crippen molar-refractivity contribution in [2.24, 2.45) is 5.92 Å². The molecule has 1 aromatic carbocycles. The molecule has 22 heavy (non-hydrogen) atoms. The van der Waals surface area contributed by atoms with Gasteiger partial charge in [0.15, 0.2) is 0 Å². The van der Waals surface area contributed by atoms with Crippen LogP contribution in [0.4, 0.5) is 8.78 Å². The summed E-state index contributed by atoms with van der Waals surface area (Å²) >= 11 is 0. The number of ketones is 1. The van der Waals surface area contributed by atoms with Crippen molar-refractivity contribution in [2.45, 2.75) is 32.2 Å². The molecule has 1 unspecified atom stereocenters. The molecule has 120 valence electrons. The molecule has 0 spiro atoms. The number of alkyl halides is 2. The first-order valence-corrected chi connectivity index (χ1v) is 6.68. The molecule has 5 nitrogen and oxygen atoms in total. The summed E-state index contributed by atoms with van der Waals surface area (Å²) in [7, 11) is 0. The van der Waals surface area contributed by atoms with Crippen LogP contribution in [0.3, 0.4) is 0 Å². The van der Waals surface area contributed by atoms with E-state index in [0.29, 0.717) is 5.56 Å². The van der Waals surface area contributed by atoms with Crippen LogP contribution in [0.2, 0.25) is 0 Å². The Hall–Kier alpha value is -2.31. The minimum Gasteiger partial charge on any atom is -0.480 e. The van der Waals surface area contributed by atoms with E-state index < -0.39 is 42.5 Å². The zero-order valence-electron chi connectivity index (χ0n) is 12.0. The van der Waals surface area contributed by atoms with Crippen molar-refractivity contribution in [1.29, 1.82) is 0 Å². The molecule has 1 aromatic rings. The predicted octanol–water partition coefficient (Wildman–Crippen LogP) is 1.66. The van der Waals surface area contributed by atoms with Gasteiger partial charge in [-0.3, -0.25) is 14.4 Å². The zero-order chi connectivity index (χ0) is 16.7. The summed E-state index contributed by atoms with van der Waals surface area (Å²) in [4.78, 5) is 34.1. The van der Waals surface area contributed by atoms with E-state index in [2.05, 4.69) is 5.32 Å². The Morgan fingerprint density at radius 3 is 2.27 bits per heavy atom. The monoisotopic (exact) mass is 313 g/mol. The highest BCUT2D eigenvalue weighted by Crippen LogP contribution is 2.18. The van der Waals surface area contributed by atoms with Gasteiger partial charge in [-0.2, -0.15) is 0 Å². The molecule has 0 saturated carbocycles. The summed E-state index contributed by atoms with van der Waals surface area (Å²) in [6, 6.07) is 7.16. The van der Waals surface area contributed by atoms with Crippen molar-refractivity contribution in [3.8, 4) is 0 Å². The molecule has 0 aliphatic heterocycles. The molecule has 2 N–H and O–H groups in total. The average molecular weight is 313 g/mol. The molecule has 0 saturated heterocycles. The fourth-order valence-electron chi connectivity index (χ4n) is 1.83. The van der Waals surface area contributed by atoms with E-state index in [-0.39, 0.29) is 6.42 Å². The summed E-state index contributed by atoms with van der Waals surface area (Å²) in [5.41, 5.74) is 0.581. The number of Topliss-reactive ketones (excluding diaryl/α,β-unsaturated/α-hetero) is 1. The first-order valence-electron chi connectivity index (χ1n) is 6.68. The Morgan fingerprint density at radius 2 is 1.77 bits per heavy atom. The second-order valence-electron chi connectivity index (χ2n) is 4.90. The third-order valence-corrected chi connectivity index (χ3v) is 3.09. The van der Waals surface area contributed by atoms with Gasteiger partial charge in [-0.25, -0.2) is 8.78 Å². The molecule has 0 bridgehead atoms. The normalized spacial score (nSPS) is 13.5. The number of benzene rings is 1. The Labute approximate surface area is 126 Å². The van der Waals surface area contributed by atoms with Crippen LogP contribution in [0, 0.1) is 5.92 Å². The Bertz CT molecular complexity index is 534. The van der Waals surface area contributed by atoms with Crippen molar-refractivity contribution in [3.63, 3.8) is 0 Å². The highest BCUT2D eigenvalue weighted by Gasteiger charge is 2.31. The van der Waals surface area contributed by atoms with Gasteiger partial charge >= 0.3 is 5.97 Å². The zero-order valence-corrected chi connectivity index (χ0v) is 12.0. The van der Waals surface area contributed by atoms with Crippen LogP contribution < -0.4 is 5.32 Å². The van der Waals surface area contributed by atoms with Gasteiger partial charge in [-0.15, -0.1) is 0 Å². The van der Waals surface area contributed by atoms with Crippen LogP contribution in [-0.4, -0.2) is 35.2 Å². The van der Waals surface area contributed by atoms with Crippen molar-refractivity contribution in [3.05, 3.63) is 35.9 Å². The third-order valence-electron chi connectivity index (χ3n) is 3.09. The number of hydrogen-bond acceptors (Lipinski definition) is 3. The lowest BCUT2D eigenvalue weighted by molar-refractivity contribution is -0.142. The van der Waals surface area contributed by atoms with Gasteiger partial charge in [0.25, 0.3) is 0 Å². The maximum atomic E-state index is 13.0. The molecule has 0 aliphatic carbocycles. The van der Waals surface area contributed by atoms with Crippen LogP contribution in [0.15, 0.2) is 30.3 Å². The molecule has 7 heteroatoms. The van der Waals surface area contributed by atoms with E-state index in [1.807, 2.05) is 0 Å². The van der Waals surface area contributed by atoms with Crippen LogP contribution in [-0.2, 0) is 20.8 Å². The molecule has 0 radical (unpaired) electrons. The predicted molar refractivity (Wildman–Crippen MR) is 74.5 cm³/mol. The smallest absolute Gasteiger partial charge is 0.325 e. The lowest BCUT2D eigenvalue weighted by Gasteiger charge is -2.16. The van der Waals surface area contributed by atoms with Gasteiger partial charge in [0.05, 0.1) is 5.92 Å². The SMILES string of the molecule is C[C@H](NC(=O)CC(C(=O)Cc1ccccc1)C(F)F)C(=O)O. The molecule has 0 aliphatic rings. The number of hydrogen-bond donors (Lipinski definition) is 2. The van der Waals surface area contributed by atoms with Gasteiger partial charge in [0.1, 0.15) is 11.8 Å². The van der Waals surface area contributed by atoms with Crippen molar-refractivity contribution in [1.82, 2.24) is 5.32 Å². The molecular weight excluding hydrogens is 296 g/mol. The van der Waals surface area contributed by atoms with Crippen LogP contribution in [0.25, 0.3) is 0 Å². The highest BCUT2D eigenvalue weighted by atomic mass is 19.3. The molecule has 0 aromatic heterocycles. The number of carboxylic acids is 1. The summed E-state index contributed by atoms with van der Waals surface area (Å²) in [5.74, 6) is -4.67. The van der Waals surface area contributed by atoms with Gasteiger partial charge in [-0.05, 0) is 12.5 Å². The number of carbonyl (C=O) groups excluding carboxylic acids is 2. The molecule has 2 atom stereocenters. The second kappa shape index (κ2) is 8.21. The van der Waals surface area contributed by atoms with Crippen molar-refractivity contribution < 1.29 is 28.3 Å². The van der Waals surface area contributed by atoms with E-state index in [1.54, 1.807) is 30.3 Å². The van der Waals surface area contributed by atoms with Gasteiger partial charge in [-0.1, -0.05) is 30.3 Å². The average Bonchev–Trinajstić information content (AvgIpc) is 2.45. The first-order chi connectivity index (χ1) is 10.3. The first kappa shape index (κ1) is 17.7. The summed E-state index contributed by atoms with van der Waals surface area (Å²) in [6.07, 6.45) is -3.92. The number of carboxylic acid groups (broad SMARTS) is 1. The van der Waals surface area contributed by atoms with E-state index in [9.17, 15) is 23.2 Å². The standard InChI is InChI=1S/C15H17F2NO4/c1-9(15(21)22)18-13(20)8-11(14(16)17)12(19)7-10-5-3-2-4-6-10/h2-6,9,11,14H,7-8H2,1H3,(H,18,20)(H,21,22)/t9-,11?/m0/s1. The topological polar surface area (TPSA) is 83.5 Å². The van der Waals surface area contributed by atoms with Crippen LogP contribution in [0.1, 0.15) is 18.9 Å². The maximum absolute atomic E-state index is 13.0. The third kappa shape index (κ3) is 5.59. The fourth-order valence-corrected chi connectivity index (χ4v) is 1.83. The molecule has 0 heterocycles. The molecular formula is C15H17F2NO4. The van der Waals surface area contributed by atoms with Crippen LogP contribution >= 0.6 is 0 Å². The second-order valence-corrected chi connectivity index (χ2v) is 4.90. The number of amides is 1. The Morgan fingerprint density at radius 1 is 1.18 bits per heavy atom. The minimum absolute atomic E-state index is 0.197. The molecule has 1 rings (SSSR count). The number of carbonyl (C=O) groups is 3. The van der Waals surface area contributed by atoms with E-state index in [0.717, 1.165) is 0 Å².